The van der Waals surface area contributed by atoms with E-state index in [0.29, 0.717) is 22.7 Å². The standard InChI is InChI=1S/C31H28F5N3O4/c1-16-10-18-11-19(12-23(26(18)37-14-16)43-21-8-9-21)28(40)38-15-30(42,31(34,35)36)24-13-22(29(2,3)41)25(33)27(39-24)17-4-6-20(32)7-5-17/h4-7,10-14,21,41-42H,8-9,15H2,1-3H3,(H,38,40). The first kappa shape index (κ1) is 30.3. The number of carbonyl (C=O) groups is 1. The van der Waals surface area contributed by atoms with Gasteiger partial charge < -0.3 is 20.3 Å². The number of aliphatic hydroxyl groups is 2. The molecule has 0 saturated heterocycles. The van der Waals surface area contributed by atoms with Crippen LogP contribution in [-0.2, 0) is 11.2 Å². The lowest BCUT2D eigenvalue weighted by atomic mass is 9.90. The number of hydrogen-bond acceptors (Lipinski definition) is 6. The minimum Gasteiger partial charge on any atom is -0.488 e. The fourth-order valence-corrected chi connectivity index (χ4v) is 4.54. The average Bonchev–Trinajstić information content (AvgIpc) is 3.74. The van der Waals surface area contributed by atoms with Crippen LogP contribution in [0.4, 0.5) is 22.0 Å². The van der Waals surface area contributed by atoms with Crippen molar-refractivity contribution in [1.29, 1.82) is 0 Å². The molecule has 12 heteroatoms. The molecule has 226 valence electrons. The molecule has 1 aliphatic carbocycles. The number of benzene rings is 2. The molecule has 2 heterocycles. The van der Waals surface area contributed by atoms with Gasteiger partial charge in [0.25, 0.3) is 5.91 Å². The van der Waals surface area contributed by atoms with Crippen LogP contribution in [0.2, 0.25) is 0 Å². The first-order valence-corrected chi connectivity index (χ1v) is 13.4. The smallest absolute Gasteiger partial charge is 0.424 e. The van der Waals surface area contributed by atoms with E-state index in [1.54, 1.807) is 19.2 Å². The van der Waals surface area contributed by atoms with Crippen LogP contribution in [-0.4, -0.2) is 44.9 Å². The molecule has 2 aromatic heterocycles. The second-order valence-corrected chi connectivity index (χ2v) is 11.2. The van der Waals surface area contributed by atoms with Crippen LogP contribution in [0.25, 0.3) is 22.2 Å². The van der Waals surface area contributed by atoms with Gasteiger partial charge in [0.1, 0.15) is 22.8 Å². The molecule has 43 heavy (non-hydrogen) atoms. The molecule has 5 rings (SSSR count). The fourth-order valence-electron chi connectivity index (χ4n) is 4.54. The molecule has 7 nitrogen and oxygen atoms in total. The Labute approximate surface area is 243 Å². The number of fused-ring (bicyclic) bond motifs is 1. The zero-order valence-corrected chi connectivity index (χ0v) is 23.4. The second kappa shape index (κ2) is 10.8. The molecule has 1 saturated carbocycles. The highest BCUT2D eigenvalue weighted by molar-refractivity contribution is 6.00. The number of ether oxygens (including phenoxy) is 1. The lowest BCUT2D eigenvalue weighted by Crippen LogP contribution is -2.51. The maximum absolute atomic E-state index is 15.5. The van der Waals surface area contributed by atoms with Gasteiger partial charge in [-0.2, -0.15) is 13.2 Å². The van der Waals surface area contributed by atoms with Crippen molar-refractivity contribution >= 4 is 16.8 Å². The van der Waals surface area contributed by atoms with Crippen LogP contribution in [0.15, 0.2) is 54.7 Å². The Balaban J connectivity index is 1.54. The minimum atomic E-state index is -5.41. The van der Waals surface area contributed by atoms with Crippen LogP contribution < -0.4 is 10.1 Å². The third-order valence-electron chi connectivity index (χ3n) is 7.10. The molecule has 1 fully saturated rings. The number of aryl methyl sites for hydroxylation is 1. The van der Waals surface area contributed by atoms with Crippen molar-refractivity contribution in [3.05, 3.63) is 88.7 Å². The summed E-state index contributed by atoms with van der Waals surface area (Å²) in [6.07, 6.45) is -2.19. The van der Waals surface area contributed by atoms with Crippen LogP contribution in [0, 0.1) is 18.6 Å². The van der Waals surface area contributed by atoms with Gasteiger partial charge in [0.15, 0.2) is 5.82 Å². The summed E-state index contributed by atoms with van der Waals surface area (Å²) in [6.45, 7) is 2.69. The SMILES string of the molecule is Cc1cnc2c(OC3CC3)cc(C(=O)NCC(O)(c3cc(C(C)(C)O)c(F)c(-c4ccc(F)cc4)n3)C(F)(F)F)cc2c1. The Morgan fingerprint density at radius 2 is 1.72 bits per heavy atom. The Kier molecular flexibility index (Phi) is 7.64. The number of nitrogens with one attached hydrogen (secondary N) is 1. The number of halogens is 5. The molecule has 1 amide bonds. The monoisotopic (exact) mass is 601 g/mol. The number of amides is 1. The van der Waals surface area contributed by atoms with E-state index in [-0.39, 0.29) is 17.2 Å². The largest absolute Gasteiger partial charge is 0.488 e. The van der Waals surface area contributed by atoms with Gasteiger partial charge in [-0.15, -0.1) is 0 Å². The molecule has 0 bridgehead atoms. The summed E-state index contributed by atoms with van der Waals surface area (Å²) >= 11 is 0. The number of aromatic nitrogens is 2. The van der Waals surface area contributed by atoms with E-state index in [2.05, 4.69) is 15.3 Å². The van der Waals surface area contributed by atoms with Gasteiger partial charge in [0, 0.05) is 28.3 Å². The maximum atomic E-state index is 15.5. The van der Waals surface area contributed by atoms with Gasteiger partial charge in [-0.05, 0) is 87.7 Å². The van der Waals surface area contributed by atoms with Crippen LogP contribution in [0.1, 0.15) is 53.9 Å². The number of rotatable bonds is 8. The Bertz CT molecular complexity index is 1700. The third-order valence-corrected chi connectivity index (χ3v) is 7.10. The van der Waals surface area contributed by atoms with E-state index >= 15 is 4.39 Å². The van der Waals surface area contributed by atoms with Crippen molar-refractivity contribution in [2.75, 3.05) is 6.54 Å². The maximum Gasteiger partial charge on any atom is 0.424 e. The lowest BCUT2D eigenvalue weighted by molar-refractivity contribution is -0.265. The molecule has 1 aliphatic rings. The summed E-state index contributed by atoms with van der Waals surface area (Å²) in [5.41, 5.74) is -6.98. The molecule has 4 aromatic rings. The van der Waals surface area contributed by atoms with Crippen molar-refractivity contribution in [3.63, 3.8) is 0 Å². The minimum absolute atomic E-state index is 0.0312. The van der Waals surface area contributed by atoms with Gasteiger partial charge in [-0.3, -0.25) is 9.78 Å². The van der Waals surface area contributed by atoms with Gasteiger partial charge >= 0.3 is 6.18 Å². The molecule has 1 unspecified atom stereocenters. The summed E-state index contributed by atoms with van der Waals surface area (Å²) < 4.78 is 78.5. The lowest BCUT2D eigenvalue weighted by Gasteiger charge is -2.32. The van der Waals surface area contributed by atoms with Gasteiger partial charge in [-0.25, -0.2) is 13.8 Å². The van der Waals surface area contributed by atoms with Gasteiger partial charge in [0.05, 0.1) is 23.9 Å². The zero-order valence-electron chi connectivity index (χ0n) is 23.4. The topological polar surface area (TPSA) is 105 Å². The Hall–Kier alpha value is -4.16. The summed E-state index contributed by atoms with van der Waals surface area (Å²) in [5, 5.41) is 24.3. The van der Waals surface area contributed by atoms with E-state index in [9.17, 15) is 32.6 Å². The summed E-state index contributed by atoms with van der Waals surface area (Å²) in [4.78, 5) is 21.4. The molecular weight excluding hydrogens is 573 g/mol. The zero-order chi connectivity index (χ0) is 31.3. The van der Waals surface area contributed by atoms with E-state index in [4.69, 9.17) is 4.74 Å². The molecule has 0 spiro atoms. The Morgan fingerprint density at radius 3 is 2.33 bits per heavy atom. The van der Waals surface area contributed by atoms with Crippen molar-refractivity contribution in [1.82, 2.24) is 15.3 Å². The van der Waals surface area contributed by atoms with E-state index < -0.39 is 58.4 Å². The summed E-state index contributed by atoms with van der Waals surface area (Å²) in [6, 6.07) is 9.31. The highest BCUT2D eigenvalue weighted by atomic mass is 19.4. The predicted octanol–water partition coefficient (Wildman–Crippen LogP) is 5.83. The van der Waals surface area contributed by atoms with E-state index in [0.717, 1.165) is 56.5 Å². The first-order valence-electron chi connectivity index (χ1n) is 13.4. The van der Waals surface area contributed by atoms with E-state index in [1.165, 1.54) is 12.1 Å². The van der Waals surface area contributed by atoms with Crippen molar-refractivity contribution < 1.29 is 41.7 Å². The van der Waals surface area contributed by atoms with Crippen molar-refractivity contribution in [3.8, 4) is 17.0 Å². The first-order chi connectivity index (χ1) is 20.1. The van der Waals surface area contributed by atoms with Crippen LogP contribution in [0.5, 0.6) is 5.75 Å². The number of carbonyl (C=O) groups excluding carboxylic acids is 1. The van der Waals surface area contributed by atoms with E-state index in [1.807, 2.05) is 0 Å². The normalized spacial score (nSPS) is 15.3. The average molecular weight is 602 g/mol. The molecule has 0 radical (unpaired) electrons. The second-order valence-electron chi connectivity index (χ2n) is 11.2. The molecular formula is C31H28F5N3O4. The Morgan fingerprint density at radius 1 is 1.05 bits per heavy atom. The molecule has 2 aromatic carbocycles. The predicted molar refractivity (Wildman–Crippen MR) is 147 cm³/mol. The number of alkyl halides is 3. The summed E-state index contributed by atoms with van der Waals surface area (Å²) in [7, 11) is 0. The highest BCUT2D eigenvalue weighted by Crippen LogP contribution is 2.41. The van der Waals surface area contributed by atoms with Gasteiger partial charge in [-0.1, -0.05) is 0 Å². The number of hydrogen-bond donors (Lipinski definition) is 3. The van der Waals surface area contributed by atoms with Gasteiger partial charge in [0.2, 0.25) is 5.60 Å². The third kappa shape index (κ3) is 6.16. The number of pyridine rings is 2. The fraction of sp³-hybridized carbons (Fsp3) is 0.323. The van der Waals surface area contributed by atoms with Crippen molar-refractivity contribution in [2.45, 2.75) is 57.1 Å². The molecule has 3 N–H and O–H groups in total. The van der Waals surface area contributed by atoms with Crippen LogP contribution in [0.3, 0.4) is 0 Å². The quantitative estimate of drug-likeness (QED) is 0.220. The number of nitrogens with zero attached hydrogens (tertiary/aromatic N) is 2. The highest BCUT2D eigenvalue weighted by Gasteiger charge is 2.57. The summed E-state index contributed by atoms with van der Waals surface area (Å²) in [5.74, 6) is -2.48. The van der Waals surface area contributed by atoms with Crippen LogP contribution >= 0.6 is 0 Å². The molecule has 1 atom stereocenters. The molecule has 0 aliphatic heterocycles. The van der Waals surface area contributed by atoms with Crippen molar-refractivity contribution in [2.24, 2.45) is 0 Å².